The van der Waals surface area contributed by atoms with Gasteiger partial charge in [-0.25, -0.2) is 14.3 Å². The molecule has 0 spiro atoms. The maximum atomic E-state index is 13.0. The van der Waals surface area contributed by atoms with E-state index in [0.717, 1.165) is 21.3 Å². The monoisotopic (exact) mass is 413 g/mol. The van der Waals surface area contributed by atoms with Gasteiger partial charge in [0.2, 0.25) is 0 Å². The topological polar surface area (TPSA) is 56.9 Å². The van der Waals surface area contributed by atoms with Crippen molar-refractivity contribution in [3.8, 4) is 5.69 Å². The van der Waals surface area contributed by atoms with E-state index in [4.69, 9.17) is 0 Å². The average Bonchev–Trinajstić information content (AvgIpc) is 2.58. The first-order valence-electron chi connectivity index (χ1n) is 7.19. The van der Waals surface area contributed by atoms with Crippen molar-refractivity contribution in [2.75, 3.05) is 5.33 Å². The van der Waals surface area contributed by atoms with Gasteiger partial charge >= 0.3 is 11.9 Å². The van der Waals surface area contributed by atoms with Crippen LogP contribution in [0, 0.1) is 0 Å². The lowest BCUT2D eigenvalue weighted by Crippen LogP contribution is -2.40. The van der Waals surface area contributed by atoms with Gasteiger partial charge < -0.3 is 0 Å². The molecule has 0 saturated carbocycles. The molecule has 0 amide bonds. The first kappa shape index (κ1) is 17.4. The van der Waals surface area contributed by atoms with Gasteiger partial charge in [0.1, 0.15) is 0 Å². The second-order valence-electron chi connectivity index (χ2n) is 5.19. The van der Waals surface area contributed by atoms with Crippen LogP contribution in [-0.4, -0.2) is 19.4 Å². The van der Waals surface area contributed by atoms with Crippen molar-refractivity contribution in [2.24, 2.45) is 0 Å². The molecule has 0 aliphatic rings. The van der Waals surface area contributed by atoms with Crippen LogP contribution in [0.1, 0.15) is 5.56 Å². The van der Waals surface area contributed by atoms with E-state index in [1.165, 1.54) is 30.5 Å². The van der Waals surface area contributed by atoms with E-state index in [1.54, 1.807) is 0 Å². The third-order valence-corrected chi connectivity index (χ3v) is 3.99. The normalized spacial score (nSPS) is 11.8. The molecule has 0 fully saturated rings. The number of benzene rings is 1. The van der Waals surface area contributed by atoms with Crippen molar-refractivity contribution in [1.82, 2.24) is 14.1 Å². The lowest BCUT2D eigenvalue weighted by atomic mass is 10.2. The van der Waals surface area contributed by atoms with Crippen molar-refractivity contribution < 1.29 is 13.2 Å². The molecule has 0 saturated heterocycles. The quantitative estimate of drug-likeness (QED) is 0.620. The highest BCUT2D eigenvalue weighted by Crippen LogP contribution is 2.30. The Kier molecular flexibility index (Phi) is 4.51. The third kappa shape index (κ3) is 3.11. The highest BCUT2D eigenvalue weighted by atomic mass is 79.9. The van der Waals surface area contributed by atoms with Crippen molar-refractivity contribution >= 4 is 27.0 Å². The molecule has 0 aliphatic carbocycles. The molecular weight excluding hydrogens is 403 g/mol. The number of pyridine rings is 1. The lowest BCUT2D eigenvalue weighted by Gasteiger charge is -2.14. The second-order valence-corrected chi connectivity index (χ2v) is 5.98. The van der Waals surface area contributed by atoms with Crippen LogP contribution in [0.5, 0.6) is 0 Å². The standard InChI is InChI=1S/C16H11BrF3N3O2/c17-6-8-22-14(24)12-5-2-7-21-13(12)23(15(22)25)11-4-1-3-10(9-11)16(18,19)20/h1-5,7,9H,6,8H2. The van der Waals surface area contributed by atoms with Gasteiger partial charge in [0, 0.05) is 18.1 Å². The smallest absolute Gasteiger partial charge is 0.268 e. The molecule has 130 valence electrons. The predicted molar refractivity (Wildman–Crippen MR) is 90.4 cm³/mol. The maximum Gasteiger partial charge on any atom is 0.416 e. The molecule has 3 aromatic rings. The molecule has 1 aromatic carbocycles. The number of hydrogen-bond acceptors (Lipinski definition) is 3. The number of alkyl halides is 4. The molecule has 2 aromatic heterocycles. The summed E-state index contributed by atoms with van der Waals surface area (Å²) in [4.78, 5) is 29.2. The summed E-state index contributed by atoms with van der Waals surface area (Å²) in [5.41, 5.74) is -2.15. The van der Waals surface area contributed by atoms with Gasteiger partial charge in [-0.15, -0.1) is 0 Å². The molecule has 0 N–H and O–H groups in total. The van der Waals surface area contributed by atoms with Gasteiger partial charge in [-0.05, 0) is 30.3 Å². The van der Waals surface area contributed by atoms with Gasteiger partial charge in [-0.3, -0.25) is 9.36 Å². The number of fused-ring (bicyclic) bond motifs is 1. The van der Waals surface area contributed by atoms with Gasteiger partial charge in [0.25, 0.3) is 5.56 Å². The van der Waals surface area contributed by atoms with Crippen molar-refractivity contribution in [3.63, 3.8) is 0 Å². The minimum atomic E-state index is -4.55. The summed E-state index contributed by atoms with van der Waals surface area (Å²) in [7, 11) is 0. The molecule has 25 heavy (non-hydrogen) atoms. The van der Waals surface area contributed by atoms with Crippen LogP contribution in [-0.2, 0) is 12.7 Å². The van der Waals surface area contributed by atoms with Gasteiger partial charge in [0.15, 0.2) is 5.65 Å². The fourth-order valence-corrected chi connectivity index (χ4v) is 2.88. The number of aromatic nitrogens is 3. The molecule has 9 heteroatoms. The zero-order valence-electron chi connectivity index (χ0n) is 12.6. The fraction of sp³-hybridized carbons (Fsp3) is 0.188. The Morgan fingerprint density at radius 3 is 2.56 bits per heavy atom. The maximum absolute atomic E-state index is 13.0. The van der Waals surface area contributed by atoms with Crippen LogP contribution in [0.15, 0.2) is 52.2 Å². The largest absolute Gasteiger partial charge is 0.416 e. The molecule has 0 bridgehead atoms. The second kappa shape index (κ2) is 6.47. The molecule has 0 aliphatic heterocycles. The van der Waals surface area contributed by atoms with Gasteiger partial charge in [-0.2, -0.15) is 13.2 Å². The highest BCUT2D eigenvalue weighted by molar-refractivity contribution is 9.09. The van der Waals surface area contributed by atoms with E-state index < -0.39 is 23.0 Å². The first-order valence-corrected chi connectivity index (χ1v) is 8.31. The third-order valence-electron chi connectivity index (χ3n) is 3.64. The van der Waals surface area contributed by atoms with E-state index in [2.05, 4.69) is 20.9 Å². The highest BCUT2D eigenvalue weighted by Gasteiger charge is 2.30. The summed E-state index contributed by atoms with van der Waals surface area (Å²) >= 11 is 3.16. The van der Waals surface area contributed by atoms with E-state index in [0.29, 0.717) is 5.33 Å². The summed E-state index contributed by atoms with van der Waals surface area (Å²) in [5, 5.41) is 0.497. The summed E-state index contributed by atoms with van der Waals surface area (Å²) in [5.74, 6) is 0. The van der Waals surface area contributed by atoms with Crippen molar-refractivity contribution in [2.45, 2.75) is 12.7 Å². The van der Waals surface area contributed by atoms with E-state index in [9.17, 15) is 22.8 Å². The van der Waals surface area contributed by atoms with Crippen LogP contribution in [0.25, 0.3) is 16.7 Å². The van der Waals surface area contributed by atoms with E-state index >= 15 is 0 Å². The predicted octanol–water partition coefficient (Wildman–Crippen LogP) is 2.96. The molecule has 0 atom stereocenters. The average molecular weight is 414 g/mol. The Morgan fingerprint density at radius 1 is 1.12 bits per heavy atom. The Labute approximate surface area is 147 Å². The van der Waals surface area contributed by atoms with Gasteiger partial charge in [-0.1, -0.05) is 22.0 Å². The summed E-state index contributed by atoms with van der Waals surface area (Å²) in [6, 6.07) is 7.37. The zero-order chi connectivity index (χ0) is 18.2. The minimum Gasteiger partial charge on any atom is -0.268 e. The van der Waals surface area contributed by atoms with E-state index in [-0.39, 0.29) is 23.3 Å². The molecule has 5 nitrogen and oxygen atoms in total. The van der Waals surface area contributed by atoms with Crippen LogP contribution >= 0.6 is 15.9 Å². The number of hydrogen-bond donors (Lipinski definition) is 0. The SMILES string of the molecule is O=c1c2cccnc2n(-c2cccc(C(F)(F)F)c2)c(=O)n1CCBr. The number of nitrogens with zero attached hydrogens (tertiary/aromatic N) is 3. The number of halogens is 4. The van der Waals surface area contributed by atoms with Gasteiger partial charge in [0.05, 0.1) is 16.6 Å². The summed E-state index contributed by atoms with van der Waals surface area (Å²) < 4.78 is 41.0. The number of rotatable bonds is 3. The van der Waals surface area contributed by atoms with Crippen LogP contribution in [0.4, 0.5) is 13.2 Å². The molecule has 0 unspecified atom stereocenters. The van der Waals surface area contributed by atoms with Crippen LogP contribution in [0.2, 0.25) is 0 Å². The first-order chi connectivity index (χ1) is 11.8. The molecule has 3 rings (SSSR count). The lowest BCUT2D eigenvalue weighted by molar-refractivity contribution is -0.137. The molecular formula is C16H11BrF3N3O2. The van der Waals surface area contributed by atoms with Crippen LogP contribution < -0.4 is 11.2 Å². The Morgan fingerprint density at radius 2 is 1.88 bits per heavy atom. The summed E-state index contributed by atoms with van der Waals surface area (Å²) in [6.45, 7) is 0.0848. The Bertz CT molecular complexity index is 1060. The van der Waals surface area contributed by atoms with Crippen molar-refractivity contribution in [1.29, 1.82) is 0 Å². The molecule has 0 radical (unpaired) electrons. The Hall–Kier alpha value is -2.42. The Balaban J connectivity index is 2.41. The van der Waals surface area contributed by atoms with E-state index in [1.807, 2.05) is 0 Å². The van der Waals surface area contributed by atoms with Crippen LogP contribution in [0.3, 0.4) is 0 Å². The zero-order valence-corrected chi connectivity index (χ0v) is 14.2. The minimum absolute atomic E-state index is 0.00755. The van der Waals surface area contributed by atoms with Crippen molar-refractivity contribution in [3.05, 3.63) is 69.0 Å². The fourth-order valence-electron chi connectivity index (χ4n) is 2.52. The molecule has 2 heterocycles. The summed E-state index contributed by atoms with van der Waals surface area (Å²) in [6.07, 6.45) is -3.17.